The number of fused-ring (bicyclic) bond motifs is 1. The van der Waals surface area contributed by atoms with Crippen LogP contribution in [0.15, 0.2) is 29.2 Å². The lowest BCUT2D eigenvalue weighted by Crippen LogP contribution is -2.30. The summed E-state index contributed by atoms with van der Waals surface area (Å²) in [5.74, 6) is 1.04. The zero-order valence-electron chi connectivity index (χ0n) is 18.1. The minimum atomic E-state index is -3.60. The number of benzene rings is 1. The van der Waals surface area contributed by atoms with Crippen molar-refractivity contribution in [3.63, 3.8) is 0 Å². The van der Waals surface area contributed by atoms with Crippen molar-refractivity contribution in [3.8, 4) is 0 Å². The number of thiophene rings is 1. The molecule has 1 saturated carbocycles. The van der Waals surface area contributed by atoms with Gasteiger partial charge in [0.1, 0.15) is 10.7 Å². The predicted molar refractivity (Wildman–Crippen MR) is 123 cm³/mol. The maximum Gasteiger partial charge on any atom is 0.266 e. The minimum Gasteiger partial charge on any atom is -0.321 e. The summed E-state index contributed by atoms with van der Waals surface area (Å²) in [6, 6.07) is 6.39. The monoisotopic (exact) mass is 458 g/mol. The third-order valence-corrected chi connectivity index (χ3v) is 8.80. The van der Waals surface area contributed by atoms with Crippen LogP contribution in [-0.2, 0) is 10.0 Å². The molecule has 0 unspecified atom stereocenters. The van der Waals surface area contributed by atoms with E-state index in [0.717, 1.165) is 40.1 Å². The summed E-state index contributed by atoms with van der Waals surface area (Å²) in [4.78, 5) is 23.9. The molecular weight excluding hydrogens is 432 g/mol. The molecule has 1 amide bonds. The van der Waals surface area contributed by atoms with Gasteiger partial charge in [0.15, 0.2) is 0 Å². The highest BCUT2D eigenvalue weighted by molar-refractivity contribution is 7.89. The molecule has 164 valence electrons. The molecule has 1 aliphatic rings. The van der Waals surface area contributed by atoms with Gasteiger partial charge in [0.05, 0.1) is 15.5 Å². The van der Waals surface area contributed by atoms with Gasteiger partial charge in [0, 0.05) is 30.1 Å². The first kappa shape index (κ1) is 21.9. The van der Waals surface area contributed by atoms with Gasteiger partial charge in [0.2, 0.25) is 10.0 Å². The Hall–Kier alpha value is -2.36. The first-order chi connectivity index (χ1) is 14.8. The van der Waals surface area contributed by atoms with E-state index in [2.05, 4.69) is 10.3 Å². The Morgan fingerprint density at radius 1 is 1.19 bits per heavy atom. The third-order valence-electron chi connectivity index (χ3n) is 5.57. The fraction of sp³-hybridized carbons (Fsp3) is 0.409. The number of aryl methyl sites for hydroxylation is 2. The van der Waals surface area contributed by atoms with E-state index in [1.807, 2.05) is 13.8 Å². The molecule has 1 aromatic carbocycles. The molecule has 0 aliphatic heterocycles. The van der Waals surface area contributed by atoms with Gasteiger partial charge in [-0.2, -0.15) is 4.31 Å². The molecule has 2 heterocycles. The molecule has 1 N–H and O–H groups in total. The van der Waals surface area contributed by atoms with Crippen LogP contribution in [-0.4, -0.2) is 41.7 Å². The molecule has 1 fully saturated rings. The molecule has 0 bridgehead atoms. The standard InChI is InChI=1S/C22H26N4O3S2/c1-5-26(6-2)31(28,29)17-9-7-8-16(12-17)24-21(27)19-13(3)18-14(4)23-20(15-10-11-15)25-22(18)30-19/h7-9,12,15H,5-6,10-11H2,1-4H3,(H,24,27). The van der Waals surface area contributed by atoms with Gasteiger partial charge in [-0.3, -0.25) is 4.79 Å². The van der Waals surface area contributed by atoms with Gasteiger partial charge >= 0.3 is 0 Å². The van der Waals surface area contributed by atoms with E-state index in [1.54, 1.807) is 32.0 Å². The number of hydrogen-bond acceptors (Lipinski definition) is 6. The topological polar surface area (TPSA) is 92.3 Å². The quantitative estimate of drug-likeness (QED) is 0.564. The average molecular weight is 459 g/mol. The van der Waals surface area contributed by atoms with Gasteiger partial charge in [-0.05, 0) is 50.5 Å². The predicted octanol–water partition coefficient (Wildman–Crippen LogP) is 4.47. The Balaban J connectivity index is 1.64. The third kappa shape index (κ3) is 4.09. The second-order valence-corrected chi connectivity index (χ2v) is 10.7. The molecule has 0 saturated heterocycles. The van der Waals surface area contributed by atoms with Gasteiger partial charge < -0.3 is 5.32 Å². The summed E-state index contributed by atoms with van der Waals surface area (Å²) in [5.41, 5.74) is 2.19. The van der Waals surface area contributed by atoms with Crippen LogP contribution in [0.4, 0.5) is 5.69 Å². The molecule has 0 spiro atoms. The smallest absolute Gasteiger partial charge is 0.266 e. The lowest BCUT2D eigenvalue weighted by atomic mass is 10.1. The first-order valence-corrected chi connectivity index (χ1v) is 12.7. The van der Waals surface area contributed by atoms with Gasteiger partial charge in [-0.1, -0.05) is 19.9 Å². The zero-order valence-corrected chi connectivity index (χ0v) is 19.7. The number of carbonyl (C=O) groups excluding carboxylic acids is 1. The minimum absolute atomic E-state index is 0.165. The molecule has 0 atom stereocenters. The fourth-order valence-electron chi connectivity index (χ4n) is 3.74. The number of nitrogens with zero attached hydrogens (tertiary/aromatic N) is 3. The van der Waals surface area contributed by atoms with Gasteiger partial charge in [-0.15, -0.1) is 11.3 Å². The second kappa shape index (κ2) is 8.29. The number of anilines is 1. The summed E-state index contributed by atoms with van der Waals surface area (Å²) in [6.45, 7) is 8.24. The highest BCUT2D eigenvalue weighted by atomic mass is 32.2. The normalized spacial score (nSPS) is 14.4. The summed E-state index contributed by atoms with van der Waals surface area (Å²) < 4.78 is 27.0. The van der Waals surface area contributed by atoms with E-state index >= 15 is 0 Å². The van der Waals surface area contributed by atoms with E-state index in [4.69, 9.17) is 4.98 Å². The highest BCUT2D eigenvalue weighted by Gasteiger charge is 2.29. The van der Waals surface area contributed by atoms with Crippen LogP contribution in [0.3, 0.4) is 0 Å². The van der Waals surface area contributed by atoms with Crippen molar-refractivity contribution in [1.82, 2.24) is 14.3 Å². The summed E-state index contributed by atoms with van der Waals surface area (Å²) in [5, 5.41) is 3.79. The number of carbonyl (C=O) groups is 1. The van der Waals surface area contributed by atoms with Crippen LogP contribution in [0.5, 0.6) is 0 Å². The van der Waals surface area contributed by atoms with E-state index in [-0.39, 0.29) is 10.8 Å². The molecule has 2 aromatic heterocycles. The molecule has 3 aromatic rings. The Labute approximate surface area is 186 Å². The van der Waals surface area contributed by atoms with Crippen LogP contribution in [0.2, 0.25) is 0 Å². The van der Waals surface area contributed by atoms with Crippen molar-refractivity contribution in [3.05, 3.63) is 46.2 Å². The van der Waals surface area contributed by atoms with E-state index in [0.29, 0.717) is 29.6 Å². The maximum atomic E-state index is 13.0. The fourth-order valence-corrected chi connectivity index (χ4v) is 6.37. The molecular formula is C22H26N4O3S2. The molecule has 0 radical (unpaired) electrons. The Morgan fingerprint density at radius 3 is 2.55 bits per heavy atom. The highest BCUT2D eigenvalue weighted by Crippen LogP contribution is 2.40. The van der Waals surface area contributed by atoms with Crippen LogP contribution in [0.1, 0.15) is 59.4 Å². The summed E-state index contributed by atoms with van der Waals surface area (Å²) in [6.07, 6.45) is 2.24. The Morgan fingerprint density at radius 2 is 1.90 bits per heavy atom. The number of amides is 1. The Kier molecular flexibility index (Phi) is 5.85. The lowest BCUT2D eigenvalue weighted by Gasteiger charge is -2.18. The van der Waals surface area contributed by atoms with E-state index in [1.165, 1.54) is 21.7 Å². The van der Waals surface area contributed by atoms with Crippen LogP contribution in [0, 0.1) is 13.8 Å². The van der Waals surface area contributed by atoms with Crippen LogP contribution >= 0.6 is 11.3 Å². The number of hydrogen-bond donors (Lipinski definition) is 1. The Bertz CT molecular complexity index is 1260. The number of aromatic nitrogens is 2. The lowest BCUT2D eigenvalue weighted by molar-refractivity contribution is 0.103. The maximum absolute atomic E-state index is 13.0. The van der Waals surface area contributed by atoms with Crippen molar-refractivity contribution in [2.75, 3.05) is 18.4 Å². The molecule has 9 heteroatoms. The first-order valence-electron chi connectivity index (χ1n) is 10.5. The van der Waals surface area contributed by atoms with Crippen molar-refractivity contribution in [2.24, 2.45) is 0 Å². The SMILES string of the molecule is CCN(CC)S(=O)(=O)c1cccc(NC(=O)c2sc3nc(C4CC4)nc(C)c3c2C)c1. The van der Waals surface area contributed by atoms with Crippen LogP contribution in [0.25, 0.3) is 10.2 Å². The largest absolute Gasteiger partial charge is 0.321 e. The zero-order chi connectivity index (χ0) is 22.3. The number of nitrogens with one attached hydrogen (secondary N) is 1. The molecule has 1 aliphatic carbocycles. The van der Waals surface area contributed by atoms with E-state index < -0.39 is 10.0 Å². The van der Waals surface area contributed by atoms with Crippen molar-refractivity contribution in [1.29, 1.82) is 0 Å². The second-order valence-electron chi connectivity index (χ2n) is 7.75. The van der Waals surface area contributed by atoms with E-state index in [9.17, 15) is 13.2 Å². The van der Waals surface area contributed by atoms with Gasteiger partial charge in [-0.25, -0.2) is 18.4 Å². The average Bonchev–Trinajstić information content (AvgIpc) is 3.52. The molecule has 31 heavy (non-hydrogen) atoms. The molecule has 7 nitrogen and oxygen atoms in total. The van der Waals surface area contributed by atoms with Crippen molar-refractivity contribution in [2.45, 2.75) is 51.3 Å². The summed E-state index contributed by atoms with van der Waals surface area (Å²) in [7, 11) is -3.60. The van der Waals surface area contributed by atoms with Crippen molar-refractivity contribution >= 4 is 43.2 Å². The van der Waals surface area contributed by atoms with Crippen molar-refractivity contribution < 1.29 is 13.2 Å². The van der Waals surface area contributed by atoms with Gasteiger partial charge in [0.25, 0.3) is 5.91 Å². The number of sulfonamides is 1. The molecule has 4 rings (SSSR count). The van der Waals surface area contributed by atoms with Crippen LogP contribution < -0.4 is 5.32 Å². The summed E-state index contributed by atoms with van der Waals surface area (Å²) >= 11 is 1.36. The number of rotatable bonds is 7.